The quantitative estimate of drug-likeness (QED) is 0.357. The van der Waals surface area contributed by atoms with Crippen molar-refractivity contribution in [2.45, 2.75) is 13.3 Å². The predicted molar refractivity (Wildman–Crippen MR) is 143 cm³/mol. The van der Waals surface area contributed by atoms with E-state index in [1.807, 2.05) is 30.0 Å². The fourth-order valence-electron chi connectivity index (χ4n) is 4.92. The molecule has 0 bridgehead atoms. The normalized spacial score (nSPS) is 13.7. The van der Waals surface area contributed by atoms with Crippen molar-refractivity contribution in [2.75, 3.05) is 38.2 Å². The molecule has 0 spiro atoms. The van der Waals surface area contributed by atoms with Crippen molar-refractivity contribution in [3.63, 3.8) is 0 Å². The van der Waals surface area contributed by atoms with Crippen LogP contribution in [-0.2, 0) is 11.2 Å². The summed E-state index contributed by atoms with van der Waals surface area (Å²) in [5.74, 6) is 0.210. The molecule has 0 saturated carbocycles. The molecule has 37 heavy (non-hydrogen) atoms. The van der Waals surface area contributed by atoms with E-state index in [9.17, 15) is 14.0 Å². The lowest BCUT2D eigenvalue weighted by Gasteiger charge is -2.36. The molecule has 0 radical (unpaired) electrons. The maximum absolute atomic E-state index is 13.5. The van der Waals surface area contributed by atoms with Crippen LogP contribution in [0.3, 0.4) is 0 Å². The molecule has 0 atom stereocenters. The second-order valence-electron chi connectivity index (χ2n) is 9.12. The topological polar surface area (TPSA) is 54.8 Å². The Hall–Kier alpha value is -3.84. The minimum atomic E-state index is -0.265. The third-order valence-corrected chi connectivity index (χ3v) is 7.24. The average molecular weight is 520 g/mol. The van der Waals surface area contributed by atoms with E-state index in [2.05, 4.69) is 4.90 Å². The van der Waals surface area contributed by atoms with Crippen molar-refractivity contribution < 1.29 is 18.7 Å². The summed E-state index contributed by atoms with van der Waals surface area (Å²) in [4.78, 5) is 30.9. The summed E-state index contributed by atoms with van der Waals surface area (Å²) >= 11 is 6.02. The number of halogens is 2. The zero-order valence-corrected chi connectivity index (χ0v) is 21.5. The highest BCUT2D eigenvalue weighted by Crippen LogP contribution is 2.31. The van der Waals surface area contributed by atoms with Crippen molar-refractivity contribution in [3.05, 3.63) is 94.4 Å². The molecular formula is C29H27ClFN3O3. The summed E-state index contributed by atoms with van der Waals surface area (Å²) in [6, 6.07) is 18.7. The summed E-state index contributed by atoms with van der Waals surface area (Å²) in [5, 5.41) is 1.37. The van der Waals surface area contributed by atoms with E-state index in [4.69, 9.17) is 16.3 Å². The zero-order chi connectivity index (χ0) is 26.1. The Morgan fingerprint density at radius 3 is 2.27 bits per heavy atom. The van der Waals surface area contributed by atoms with E-state index in [0.717, 1.165) is 27.8 Å². The molecule has 1 fully saturated rings. The van der Waals surface area contributed by atoms with E-state index in [-0.39, 0.29) is 24.1 Å². The summed E-state index contributed by atoms with van der Waals surface area (Å²) in [6.45, 7) is 4.35. The van der Waals surface area contributed by atoms with E-state index in [1.54, 1.807) is 48.1 Å². The molecule has 0 aliphatic carbocycles. The van der Waals surface area contributed by atoms with E-state index in [0.29, 0.717) is 42.5 Å². The number of benzene rings is 3. The predicted octanol–water partition coefficient (Wildman–Crippen LogP) is 5.33. The number of ether oxygens (including phenoxy) is 1. The number of rotatable bonds is 5. The lowest BCUT2D eigenvalue weighted by atomic mass is 10.1. The Morgan fingerprint density at radius 1 is 0.946 bits per heavy atom. The third-order valence-electron chi connectivity index (χ3n) is 6.99. The van der Waals surface area contributed by atoms with Crippen LogP contribution in [-0.4, -0.2) is 54.6 Å². The third kappa shape index (κ3) is 4.91. The van der Waals surface area contributed by atoms with Gasteiger partial charge in [-0.15, -0.1) is 0 Å². The Kier molecular flexibility index (Phi) is 6.89. The van der Waals surface area contributed by atoms with Gasteiger partial charge in [0.2, 0.25) is 5.91 Å². The van der Waals surface area contributed by atoms with Gasteiger partial charge in [-0.3, -0.25) is 14.2 Å². The number of fused-ring (bicyclic) bond motifs is 1. The van der Waals surface area contributed by atoms with Crippen LogP contribution in [0.5, 0.6) is 5.75 Å². The molecule has 0 N–H and O–H groups in total. The monoisotopic (exact) mass is 519 g/mol. The number of aromatic nitrogens is 1. The van der Waals surface area contributed by atoms with Crippen molar-refractivity contribution in [1.29, 1.82) is 0 Å². The second kappa shape index (κ2) is 10.3. The van der Waals surface area contributed by atoms with Crippen LogP contribution in [0.4, 0.5) is 10.1 Å². The van der Waals surface area contributed by atoms with Crippen LogP contribution >= 0.6 is 11.6 Å². The first-order valence-electron chi connectivity index (χ1n) is 12.1. The molecule has 4 aromatic rings. The molecule has 1 amide bonds. The van der Waals surface area contributed by atoms with E-state index in [1.165, 1.54) is 12.1 Å². The van der Waals surface area contributed by atoms with Crippen LogP contribution in [0.1, 0.15) is 21.6 Å². The number of methoxy groups -OCH3 is 1. The van der Waals surface area contributed by atoms with Crippen LogP contribution in [0, 0.1) is 12.7 Å². The molecular weight excluding hydrogens is 493 g/mol. The van der Waals surface area contributed by atoms with Gasteiger partial charge in [0.25, 0.3) is 5.91 Å². The van der Waals surface area contributed by atoms with Crippen molar-refractivity contribution in [3.8, 4) is 5.75 Å². The molecule has 1 aliphatic heterocycles. The number of carbonyl (C=O) groups is 2. The molecule has 6 nitrogen and oxygen atoms in total. The van der Waals surface area contributed by atoms with Gasteiger partial charge in [0, 0.05) is 53.5 Å². The summed E-state index contributed by atoms with van der Waals surface area (Å²) in [7, 11) is 1.59. The highest BCUT2D eigenvalue weighted by molar-refractivity contribution is 6.30. The highest BCUT2D eigenvalue weighted by atomic mass is 35.5. The standard InChI is InChI=1S/C29H27ClFN3O3/c1-19-25(18-28(35)33-15-13-32(14-16-33)23-9-7-22(31)8-10-23)26-17-24(37-2)11-12-27(26)34(19)29(36)20-3-5-21(30)6-4-20/h3-12,17H,13-16,18H2,1-2H3. The number of hydrogen-bond donors (Lipinski definition) is 0. The Balaban J connectivity index is 1.41. The molecule has 0 unspecified atom stereocenters. The van der Waals surface area contributed by atoms with Gasteiger partial charge in [0.1, 0.15) is 11.6 Å². The number of anilines is 1. The Bertz CT molecular complexity index is 1460. The molecule has 5 rings (SSSR count). The van der Waals surface area contributed by atoms with E-state index < -0.39 is 0 Å². The van der Waals surface area contributed by atoms with Gasteiger partial charge >= 0.3 is 0 Å². The maximum Gasteiger partial charge on any atom is 0.262 e. The van der Waals surface area contributed by atoms with Crippen LogP contribution in [0.2, 0.25) is 5.02 Å². The van der Waals surface area contributed by atoms with Gasteiger partial charge in [0.05, 0.1) is 19.0 Å². The fraction of sp³-hybridized carbons (Fsp3) is 0.241. The zero-order valence-electron chi connectivity index (χ0n) is 20.7. The van der Waals surface area contributed by atoms with Gasteiger partial charge in [-0.2, -0.15) is 0 Å². The van der Waals surface area contributed by atoms with Crippen molar-refractivity contribution >= 4 is 40.0 Å². The Labute approximate surface area is 219 Å². The SMILES string of the molecule is COc1ccc2c(c1)c(CC(=O)N1CCN(c3ccc(F)cc3)CC1)c(C)n2C(=O)c1ccc(Cl)cc1. The van der Waals surface area contributed by atoms with Crippen LogP contribution < -0.4 is 9.64 Å². The first-order chi connectivity index (χ1) is 17.9. The van der Waals surface area contributed by atoms with Crippen molar-refractivity contribution in [2.24, 2.45) is 0 Å². The smallest absolute Gasteiger partial charge is 0.262 e. The minimum Gasteiger partial charge on any atom is -0.497 e. The van der Waals surface area contributed by atoms with Crippen molar-refractivity contribution in [1.82, 2.24) is 9.47 Å². The fourth-order valence-corrected chi connectivity index (χ4v) is 5.05. The number of carbonyl (C=O) groups excluding carboxylic acids is 2. The molecule has 190 valence electrons. The molecule has 8 heteroatoms. The number of piperazine rings is 1. The van der Waals surface area contributed by atoms with Gasteiger partial charge < -0.3 is 14.5 Å². The minimum absolute atomic E-state index is 0.00247. The molecule has 3 aromatic carbocycles. The van der Waals surface area contributed by atoms with Gasteiger partial charge in [-0.05, 0) is 79.2 Å². The first-order valence-corrected chi connectivity index (χ1v) is 12.5. The largest absolute Gasteiger partial charge is 0.497 e. The molecule has 1 aliphatic rings. The van der Waals surface area contributed by atoms with Gasteiger partial charge in [-0.1, -0.05) is 11.6 Å². The molecule has 1 saturated heterocycles. The number of amides is 1. The maximum atomic E-state index is 13.5. The van der Waals surface area contributed by atoms with Gasteiger partial charge in [0.15, 0.2) is 0 Å². The number of hydrogen-bond acceptors (Lipinski definition) is 4. The lowest BCUT2D eigenvalue weighted by molar-refractivity contribution is -0.130. The van der Waals surface area contributed by atoms with Crippen LogP contribution in [0.15, 0.2) is 66.7 Å². The average Bonchev–Trinajstić information content (AvgIpc) is 3.19. The lowest BCUT2D eigenvalue weighted by Crippen LogP contribution is -2.49. The van der Waals surface area contributed by atoms with Gasteiger partial charge in [-0.25, -0.2) is 4.39 Å². The summed E-state index contributed by atoms with van der Waals surface area (Å²) in [5.41, 5.74) is 3.71. The highest BCUT2D eigenvalue weighted by Gasteiger charge is 2.26. The van der Waals surface area contributed by atoms with E-state index >= 15 is 0 Å². The molecule has 2 heterocycles. The summed E-state index contributed by atoms with van der Waals surface area (Å²) < 4.78 is 20.4. The second-order valence-corrected chi connectivity index (χ2v) is 9.55. The summed E-state index contributed by atoms with van der Waals surface area (Å²) in [6.07, 6.45) is 0.174. The number of nitrogens with zero attached hydrogens (tertiary/aromatic N) is 3. The first kappa shape index (κ1) is 24.8. The van der Waals surface area contributed by atoms with Crippen LogP contribution in [0.25, 0.3) is 10.9 Å². The molecule has 1 aromatic heterocycles. The Morgan fingerprint density at radius 2 is 1.62 bits per heavy atom.